The van der Waals surface area contributed by atoms with Gasteiger partial charge in [0.05, 0.1) is 5.69 Å². The molecule has 1 aliphatic heterocycles. The summed E-state index contributed by atoms with van der Waals surface area (Å²) in [4.78, 5) is 45.4. The van der Waals surface area contributed by atoms with Crippen molar-refractivity contribution in [2.24, 2.45) is 5.10 Å². The first-order chi connectivity index (χ1) is 16.2. The van der Waals surface area contributed by atoms with E-state index in [0.717, 1.165) is 0 Å². The molecule has 0 aliphatic carbocycles. The highest BCUT2D eigenvalue weighted by molar-refractivity contribution is 6.29. The van der Waals surface area contributed by atoms with Gasteiger partial charge in [-0.25, -0.2) is 9.59 Å². The number of hydroxylamine groups is 2. The van der Waals surface area contributed by atoms with Crippen LogP contribution in [0.5, 0.6) is 0 Å². The molecule has 1 heterocycles. The molecule has 2 aromatic rings. The third-order valence-electron chi connectivity index (χ3n) is 4.84. The number of carbonyl (C=O) groups is 3. The maximum absolute atomic E-state index is 13.9. The standard InChI is InChI=1S/C26H31N3O6/c1-24(2,3)33-22(31)29(35-23(32)34-25(4,5)6)26(7)20(18-14-10-8-11-15-18)27-28(21(26)30)19-16-12-9-13-17-19/h8-17H,1-7H3. The minimum Gasteiger partial charge on any atom is -0.442 e. The molecule has 0 aromatic heterocycles. The third-order valence-corrected chi connectivity index (χ3v) is 4.84. The van der Waals surface area contributed by atoms with Crippen molar-refractivity contribution in [2.45, 2.75) is 65.2 Å². The van der Waals surface area contributed by atoms with Crippen LogP contribution in [0.3, 0.4) is 0 Å². The number of hydrogen-bond acceptors (Lipinski definition) is 7. The summed E-state index contributed by atoms with van der Waals surface area (Å²) < 4.78 is 10.8. The summed E-state index contributed by atoms with van der Waals surface area (Å²) in [5, 5.41) is 6.36. The SMILES string of the molecule is CC(C)(C)OC(=O)ON(C(=O)OC(C)(C)C)C1(C)C(=O)N(c2ccccc2)N=C1c1ccccc1. The van der Waals surface area contributed by atoms with Gasteiger partial charge in [-0.3, -0.25) is 9.63 Å². The molecular weight excluding hydrogens is 450 g/mol. The van der Waals surface area contributed by atoms with Gasteiger partial charge >= 0.3 is 12.2 Å². The molecule has 186 valence electrons. The quantitative estimate of drug-likeness (QED) is 0.436. The molecule has 2 amide bonds. The number of para-hydroxylation sites is 1. The largest absolute Gasteiger partial charge is 0.534 e. The second-order valence-corrected chi connectivity index (χ2v) is 10.2. The van der Waals surface area contributed by atoms with Crippen LogP contribution < -0.4 is 5.01 Å². The van der Waals surface area contributed by atoms with E-state index in [-0.39, 0.29) is 5.71 Å². The van der Waals surface area contributed by atoms with Crippen molar-refractivity contribution in [1.29, 1.82) is 0 Å². The lowest BCUT2D eigenvalue weighted by molar-refractivity contribution is -0.171. The fourth-order valence-corrected chi connectivity index (χ4v) is 3.37. The van der Waals surface area contributed by atoms with E-state index >= 15 is 0 Å². The van der Waals surface area contributed by atoms with E-state index in [0.29, 0.717) is 16.3 Å². The Morgan fingerprint density at radius 1 is 0.857 bits per heavy atom. The first kappa shape index (κ1) is 25.7. The van der Waals surface area contributed by atoms with E-state index < -0.39 is 34.9 Å². The summed E-state index contributed by atoms with van der Waals surface area (Å²) in [5.41, 5.74) is -2.46. The molecule has 0 radical (unpaired) electrons. The van der Waals surface area contributed by atoms with Gasteiger partial charge in [0.25, 0.3) is 5.91 Å². The van der Waals surface area contributed by atoms with Crippen LogP contribution in [0.15, 0.2) is 65.8 Å². The van der Waals surface area contributed by atoms with E-state index in [4.69, 9.17) is 14.3 Å². The van der Waals surface area contributed by atoms with E-state index in [2.05, 4.69) is 5.10 Å². The Balaban J connectivity index is 2.15. The predicted molar refractivity (Wildman–Crippen MR) is 131 cm³/mol. The van der Waals surface area contributed by atoms with Crippen molar-refractivity contribution in [3.8, 4) is 0 Å². The van der Waals surface area contributed by atoms with Crippen molar-refractivity contribution < 1.29 is 28.7 Å². The lowest BCUT2D eigenvalue weighted by atomic mass is 9.90. The number of rotatable bonds is 3. The van der Waals surface area contributed by atoms with E-state index in [1.165, 1.54) is 11.9 Å². The van der Waals surface area contributed by atoms with Gasteiger partial charge in [-0.2, -0.15) is 10.1 Å². The second-order valence-electron chi connectivity index (χ2n) is 10.2. The Labute approximate surface area is 205 Å². The van der Waals surface area contributed by atoms with Crippen LogP contribution in [-0.2, 0) is 19.1 Å². The molecule has 1 atom stereocenters. The highest BCUT2D eigenvalue weighted by Crippen LogP contribution is 2.35. The van der Waals surface area contributed by atoms with E-state index in [1.54, 1.807) is 90.1 Å². The highest BCUT2D eigenvalue weighted by Gasteiger charge is 2.58. The Kier molecular flexibility index (Phi) is 6.91. The summed E-state index contributed by atoms with van der Waals surface area (Å²) in [5.74, 6) is -0.614. The van der Waals surface area contributed by atoms with Crippen LogP contribution in [0.2, 0.25) is 0 Å². The van der Waals surface area contributed by atoms with Gasteiger partial charge in [0, 0.05) is 5.56 Å². The maximum Gasteiger partial charge on any atom is 0.534 e. The van der Waals surface area contributed by atoms with Gasteiger partial charge in [0.1, 0.15) is 16.9 Å². The topological polar surface area (TPSA) is 97.7 Å². The molecule has 0 saturated carbocycles. The van der Waals surface area contributed by atoms with Crippen LogP contribution in [-0.4, -0.2) is 45.7 Å². The number of benzene rings is 2. The first-order valence-electron chi connectivity index (χ1n) is 11.2. The molecule has 0 saturated heterocycles. The van der Waals surface area contributed by atoms with Gasteiger partial charge in [-0.1, -0.05) is 48.5 Å². The number of anilines is 1. The lowest BCUT2D eigenvalue weighted by Gasteiger charge is -2.36. The molecule has 0 N–H and O–H groups in total. The molecular formula is C26H31N3O6. The number of hydrogen-bond donors (Lipinski definition) is 0. The minimum atomic E-state index is -1.86. The van der Waals surface area contributed by atoms with E-state index in [1.807, 2.05) is 12.1 Å². The zero-order chi connectivity index (χ0) is 26.0. The Hall–Kier alpha value is -3.88. The minimum absolute atomic E-state index is 0.196. The number of amides is 2. The third kappa shape index (κ3) is 5.79. The fourth-order valence-electron chi connectivity index (χ4n) is 3.37. The monoisotopic (exact) mass is 481 g/mol. The van der Waals surface area contributed by atoms with Gasteiger partial charge in [-0.05, 0) is 60.6 Å². The molecule has 3 rings (SSSR count). The van der Waals surface area contributed by atoms with Gasteiger partial charge in [0.2, 0.25) is 5.54 Å². The fraction of sp³-hybridized carbons (Fsp3) is 0.385. The molecule has 9 nitrogen and oxygen atoms in total. The molecule has 35 heavy (non-hydrogen) atoms. The maximum atomic E-state index is 13.9. The highest BCUT2D eigenvalue weighted by atomic mass is 16.8. The Bertz CT molecular complexity index is 1120. The molecule has 0 fully saturated rings. The lowest BCUT2D eigenvalue weighted by Crippen LogP contribution is -2.61. The predicted octanol–water partition coefficient (Wildman–Crippen LogP) is 5.30. The van der Waals surface area contributed by atoms with E-state index in [9.17, 15) is 14.4 Å². The first-order valence-corrected chi connectivity index (χ1v) is 11.2. The molecule has 9 heteroatoms. The van der Waals surface area contributed by atoms with Gasteiger partial charge in [0.15, 0.2) is 0 Å². The van der Waals surface area contributed by atoms with Crippen LogP contribution >= 0.6 is 0 Å². The van der Waals surface area contributed by atoms with Crippen LogP contribution in [0.4, 0.5) is 15.3 Å². The normalized spacial score (nSPS) is 18.1. The van der Waals surface area contributed by atoms with Crippen molar-refractivity contribution in [3.05, 3.63) is 66.2 Å². The molecule has 0 spiro atoms. The number of hydrazone groups is 1. The molecule has 0 bridgehead atoms. The average Bonchev–Trinajstić information content (AvgIpc) is 3.02. The van der Waals surface area contributed by atoms with Crippen molar-refractivity contribution >= 4 is 29.6 Å². The molecule has 1 aliphatic rings. The second kappa shape index (κ2) is 9.40. The van der Waals surface area contributed by atoms with Crippen molar-refractivity contribution in [1.82, 2.24) is 5.06 Å². The average molecular weight is 482 g/mol. The summed E-state index contributed by atoms with van der Waals surface area (Å²) in [6.45, 7) is 11.4. The van der Waals surface area contributed by atoms with Crippen LogP contribution in [0.1, 0.15) is 54.0 Å². The molecule has 2 aromatic carbocycles. The van der Waals surface area contributed by atoms with Crippen LogP contribution in [0, 0.1) is 0 Å². The number of nitrogens with zero attached hydrogens (tertiary/aromatic N) is 3. The van der Waals surface area contributed by atoms with Gasteiger partial charge < -0.3 is 9.47 Å². The number of ether oxygens (including phenoxy) is 2. The zero-order valence-corrected chi connectivity index (χ0v) is 21.1. The van der Waals surface area contributed by atoms with Crippen molar-refractivity contribution in [3.63, 3.8) is 0 Å². The summed E-state index contributed by atoms with van der Waals surface area (Å²) >= 11 is 0. The Morgan fingerprint density at radius 2 is 1.37 bits per heavy atom. The van der Waals surface area contributed by atoms with Gasteiger partial charge in [-0.15, -0.1) is 5.06 Å². The summed E-state index contributed by atoms with van der Waals surface area (Å²) in [6.07, 6.45) is -2.21. The molecule has 1 unspecified atom stereocenters. The number of carbonyl (C=O) groups excluding carboxylic acids is 3. The smallest absolute Gasteiger partial charge is 0.442 e. The van der Waals surface area contributed by atoms with Crippen LogP contribution in [0.25, 0.3) is 0 Å². The Morgan fingerprint density at radius 3 is 1.89 bits per heavy atom. The summed E-state index contributed by atoms with van der Waals surface area (Å²) in [6, 6.07) is 17.6. The zero-order valence-electron chi connectivity index (χ0n) is 21.1. The van der Waals surface area contributed by atoms with Crippen molar-refractivity contribution in [2.75, 3.05) is 5.01 Å². The summed E-state index contributed by atoms with van der Waals surface area (Å²) in [7, 11) is 0.